The van der Waals surface area contributed by atoms with Gasteiger partial charge in [-0.2, -0.15) is 0 Å². The summed E-state index contributed by atoms with van der Waals surface area (Å²) < 4.78 is 0. The van der Waals surface area contributed by atoms with Gasteiger partial charge >= 0.3 is 0 Å². The van der Waals surface area contributed by atoms with Gasteiger partial charge in [0.15, 0.2) is 5.78 Å². The minimum Gasteiger partial charge on any atom is -0.390 e. The highest BCUT2D eigenvalue weighted by Gasteiger charge is 2.56. The maximum Gasteiger partial charge on any atom is 0.172 e. The summed E-state index contributed by atoms with van der Waals surface area (Å²) in [5.74, 6) is 0.494. The molecule has 1 heterocycles. The SMILES string of the molecule is C=CC=C(C)C(=O)CN1CC2CC(O)(Cc3ccccc3)CC2(C=C)C1. The first-order valence-corrected chi connectivity index (χ1v) is 9.34. The lowest BCUT2D eigenvalue weighted by molar-refractivity contribution is -0.116. The molecule has 1 aliphatic heterocycles. The third-order valence-corrected chi connectivity index (χ3v) is 6.05. The van der Waals surface area contributed by atoms with Crippen molar-refractivity contribution in [2.24, 2.45) is 11.3 Å². The third-order valence-electron chi connectivity index (χ3n) is 6.05. The fourth-order valence-corrected chi connectivity index (χ4v) is 4.85. The van der Waals surface area contributed by atoms with Gasteiger partial charge < -0.3 is 5.11 Å². The van der Waals surface area contributed by atoms with Crippen LogP contribution in [0.5, 0.6) is 0 Å². The van der Waals surface area contributed by atoms with E-state index in [9.17, 15) is 9.90 Å². The van der Waals surface area contributed by atoms with Crippen molar-refractivity contribution in [3.8, 4) is 0 Å². The van der Waals surface area contributed by atoms with Gasteiger partial charge in [0, 0.05) is 24.9 Å². The second kappa shape index (κ2) is 7.34. The molecule has 2 fully saturated rings. The topological polar surface area (TPSA) is 40.5 Å². The van der Waals surface area contributed by atoms with E-state index in [0.717, 1.165) is 31.5 Å². The molecule has 3 unspecified atom stereocenters. The zero-order valence-electron chi connectivity index (χ0n) is 15.7. The molecule has 138 valence electrons. The number of carbonyl (C=O) groups is 1. The molecule has 3 atom stereocenters. The smallest absolute Gasteiger partial charge is 0.172 e. The first-order valence-electron chi connectivity index (χ1n) is 9.34. The second-order valence-electron chi connectivity index (χ2n) is 8.08. The van der Waals surface area contributed by atoms with E-state index < -0.39 is 5.60 Å². The average molecular weight is 351 g/mol. The fourth-order valence-electron chi connectivity index (χ4n) is 4.85. The van der Waals surface area contributed by atoms with Crippen LogP contribution in [0.3, 0.4) is 0 Å². The number of rotatable bonds is 7. The maximum absolute atomic E-state index is 12.3. The Labute approximate surface area is 156 Å². The number of nitrogens with zero attached hydrogens (tertiary/aromatic N) is 1. The zero-order valence-corrected chi connectivity index (χ0v) is 15.7. The van der Waals surface area contributed by atoms with Crippen LogP contribution in [0.1, 0.15) is 25.3 Å². The number of benzene rings is 1. The molecule has 26 heavy (non-hydrogen) atoms. The van der Waals surface area contributed by atoms with E-state index in [4.69, 9.17) is 0 Å². The second-order valence-corrected chi connectivity index (χ2v) is 8.08. The van der Waals surface area contributed by atoms with Crippen LogP contribution in [-0.2, 0) is 11.2 Å². The predicted molar refractivity (Wildman–Crippen MR) is 106 cm³/mol. The largest absolute Gasteiger partial charge is 0.390 e. The number of hydrogen-bond donors (Lipinski definition) is 1. The van der Waals surface area contributed by atoms with Gasteiger partial charge in [-0.15, -0.1) is 6.58 Å². The van der Waals surface area contributed by atoms with E-state index in [-0.39, 0.29) is 11.2 Å². The Balaban J connectivity index is 1.68. The molecule has 0 amide bonds. The zero-order chi connectivity index (χ0) is 18.8. The fraction of sp³-hybridized carbons (Fsp3) is 0.435. The first kappa shape index (κ1) is 18.8. The number of hydrogen-bond acceptors (Lipinski definition) is 3. The molecule has 2 aliphatic rings. The highest BCUT2D eigenvalue weighted by Crippen LogP contribution is 2.54. The van der Waals surface area contributed by atoms with Crippen molar-refractivity contribution in [2.45, 2.75) is 31.8 Å². The summed E-state index contributed by atoms with van der Waals surface area (Å²) >= 11 is 0. The Morgan fingerprint density at radius 3 is 2.69 bits per heavy atom. The molecular weight excluding hydrogens is 322 g/mol. The van der Waals surface area contributed by atoms with Crippen LogP contribution >= 0.6 is 0 Å². The number of allylic oxidation sites excluding steroid dienone is 2. The van der Waals surface area contributed by atoms with Gasteiger partial charge in [0.05, 0.1) is 12.1 Å². The molecule has 1 saturated heterocycles. The molecule has 0 radical (unpaired) electrons. The van der Waals surface area contributed by atoms with Crippen LogP contribution in [0, 0.1) is 11.3 Å². The van der Waals surface area contributed by atoms with E-state index in [1.54, 1.807) is 12.2 Å². The van der Waals surface area contributed by atoms with E-state index in [1.165, 1.54) is 5.56 Å². The molecule has 3 nitrogen and oxygen atoms in total. The molecule has 1 aromatic carbocycles. The summed E-state index contributed by atoms with van der Waals surface area (Å²) in [7, 11) is 0. The predicted octanol–water partition coefficient (Wildman–Crippen LogP) is 3.56. The van der Waals surface area contributed by atoms with Crippen molar-refractivity contribution in [2.75, 3.05) is 19.6 Å². The van der Waals surface area contributed by atoms with Gasteiger partial charge in [0.25, 0.3) is 0 Å². The van der Waals surface area contributed by atoms with Crippen LogP contribution in [0.4, 0.5) is 0 Å². The van der Waals surface area contributed by atoms with Gasteiger partial charge in [-0.05, 0) is 36.8 Å². The van der Waals surface area contributed by atoms with Gasteiger partial charge in [0.1, 0.15) is 0 Å². The molecule has 3 heteroatoms. The van der Waals surface area contributed by atoms with Gasteiger partial charge in [-0.3, -0.25) is 9.69 Å². The van der Waals surface area contributed by atoms with Crippen LogP contribution in [-0.4, -0.2) is 41.0 Å². The molecule has 1 N–H and O–H groups in total. The number of aliphatic hydroxyl groups is 1. The van der Waals surface area contributed by atoms with Crippen molar-refractivity contribution in [3.63, 3.8) is 0 Å². The van der Waals surface area contributed by atoms with Crippen molar-refractivity contribution < 1.29 is 9.90 Å². The minimum absolute atomic E-state index is 0.0974. The van der Waals surface area contributed by atoms with Crippen molar-refractivity contribution in [1.82, 2.24) is 4.90 Å². The summed E-state index contributed by atoms with van der Waals surface area (Å²) in [6, 6.07) is 10.2. The molecular formula is C23H29NO2. The Morgan fingerprint density at radius 1 is 1.35 bits per heavy atom. The number of likely N-dealkylation sites (tertiary alicyclic amines) is 1. The van der Waals surface area contributed by atoms with Crippen LogP contribution in [0.2, 0.25) is 0 Å². The summed E-state index contributed by atoms with van der Waals surface area (Å²) in [4.78, 5) is 14.6. The normalized spacial score (nSPS) is 31.6. The van der Waals surface area contributed by atoms with Crippen LogP contribution in [0.15, 0.2) is 67.3 Å². The molecule has 1 aliphatic carbocycles. The maximum atomic E-state index is 12.3. The van der Waals surface area contributed by atoms with Crippen molar-refractivity contribution in [1.29, 1.82) is 0 Å². The van der Waals surface area contributed by atoms with Gasteiger partial charge in [-0.1, -0.05) is 55.1 Å². The Bertz CT molecular complexity index is 723. The summed E-state index contributed by atoms with van der Waals surface area (Å²) in [5, 5.41) is 11.2. The van der Waals surface area contributed by atoms with Gasteiger partial charge in [-0.25, -0.2) is 0 Å². The van der Waals surface area contributed by atoms with E-state index in [2.05, 4.69) is 30.2 Å². The molecule has 1 aromatic rings. The average Bonchev–Trinajstić information content (AvgIpc) is 3.05. The standard InChI is InChI=1S/C23H29NO2/c1-4-9-18(3)21(25)15-24-14-20-13-23(26,16-22(20,5-2)17-24)12-19-10-7-6-8-11-19/h4-11,20,26H,1-2,12-17H2,3H3. The lowest BCUT2D eigenvalue weighted by Crippen LogP contribution is -2.36. The Hall–Kier alpha value is -1.97. The van der Waals surface area contributed by atoms with Gasteiger partial charge in [0.2, 0.25) is 0 Å². The molecule has 1 saturated carbocycles. The third kappa shape index (κ3) is 3.74. The quantitative estimate of drug-likeness (QED) is 0.464. The molecule has 0 spiro atoms. The van der Waals surface area contributed by atoms with E-state index >= 15 is 0 Å². The summed E-state index contributed by atoms with van der Waals surface area (Å²) in [5.41, 5.74) is 1.13. The monoisotopic (exact) mass is 351 g/mol. The van der Waals surface area contributed by atoms with E-state index in [1.807, 2.05) is 31.2 Å². The Morgan fingerprint density at radius 2 is 2.08 bits per heavy atom. The van der Waals surface area contributed by atoms with Crippen molar-refractivity contribution in [3.05, 3.63) is 72.9 Å². The highest BCUT2D eigenvalue weighted by atomic mass is 16.3. The number of Topliss-reactive ketones (excluding diaryl/α,β-unsaturated/α-hetero) is 1. The van der Waals surface area contributed by atoms with Crippen LogP contribution < -0.4 is 0 Å². The van der Waals surface area contributed by atoms with Crippen molar-refractivity contribution >= 4 is 5.78 Å². The number of ketones is 1. The summed E-state index contributed by atoms with van der Waals surface area (Å²) in [6.07, 6.45) is 7.61. The Kier molecular flexibility index (Phi) is 5.31. The lowest BCUT2D eigenvalue weighted by atomic mass is 9.80. The van der Waals surface area contributed by atoms with E-state index in [0.29, 0.717) is 18.9 Å². The minimum atomic E-state index is -0.686. The number of carbonyl (C=O) groups excluding carboxylic acids is 1. The van der Waals surface area contributed by atoms with Crippen LogP contribution in [0.25, 0.3) is 0 Å². The number of fused-ring (bicyclic) bond motifs is 1. The lowest BCUT2D eigenvalue weighted by Gasteiger charge is -2.29. The molecule has 3 rings (SSSR count). The summed E-state index contributed by atoms with van der Waals surface area (Å²) in [6.45, 7) is 11.6. The molecule has 0 bridgehead atoms. The molecule has 0 aromatic heterocycles. The highest BCUT2D eigenvalue weighted by molar-refractivity contribution is 5.96. The first-order chi connectivity index (χ1) is 12.4.